The van der Waals surface area contributed by atoms with Crippen LogP contribution in [-0.2, 0) is 12.0 Å². The fourth-order valence-electron chi connectivity index (χ4n) is 1.67. The number of nitrogens with two attached hydrogens (primary N) is 1. The molecule has 3 heteroatoms. The number of rotatable bonds is 0. The lowest BCUT2D eigenvalue weighted by Gasteiger charge is -2.17. The van der Waals surface area contributed by atoms with E-state index >= 15 is 0 Å². The van der Waals surface area contributed by atoms with Gasteiger partial charge in [-0.15, -0.1) is 0 Å². The van der Waals surface area contributed by atoms with Gasteiger partial charge in [-0.05, 0) is 31.4 Å². The number of hydrogen-bond acceptors (Lipinski definition) is 2. The van der Waals surface area contributed by atoms with Gasteiger partial charge >= 0.3 is 0 Å². The summed E-state index contributed by atoms with van der Waals surface area (Å²) < 4.78 is 0. The Labute approximate surface area is 76.7 Å². The van der Waals surface area contributed by atoms with Gasteiger partial charge in [0.2, 0.25) is 0 Å². The molecule has 1 aromatic heterocycles. The molecule has 1 atom stereocenters. The maximum Gasteiger partial charge on any atom is 0.129 e. The SMILES string of the molecule is CC1(N)CCc2ccc(Cl)nc21. The number of aryl methyl sites for hydroxylation is 1. The van der Waals surface area contributed by atoms with Crippen LogP contribution in [0.25, 0.3) is 0 Å². The average Bonchev–Trinajstić information content (AvgIpc) is 2.28. The highest BCUT2D eigenvalue weighted by atomic mass is 35.5. The van der Waals surface area contributed by atoms with Crippen molar-refractivity contribution >= 4 is 11.6 Å². The number of nitrogens with zero attached hydrogens (tertiary/aromatic N) is 1. The molecule has 2 N–H and O–H groups in total. The minimum Gasteiger partial charge on any atom is -0.320 e. The molecule has 0 saturated carbocycles. The van der Waals surface area contributed by atoms with E-state index in [1.54, 1.807) is 0 Å². The lowest BCUT2D eigenvalue weighted by molar-refractivity contribution is 0.480. The molecule has 1 unspecified atom stereocenters. The molecule has 2 nitrogen and oxygen atoms in total. The minimum absolute atomic E-state index is 0.278. The Hall–Kier alpha value is -0.600. The first-order chi connectivity index (χ1) is 5.59. The van der Waals surface area contributed by atoms with E-state index in [0.29, 0.717) is 5.15 Å². The molecule has 1 aliphatic rings. The maximum absolute atomic E-state index is 6.04. The van der Waals surface area contributed by atoms with Gasteiger partial charge in [0.15, 0.2) is 0 Å². The Morgan fingerprint density at radius 1 is 1.58 bits per heavy atom. The van der Waals surface area contributed by atoms with Gasteiger partial charge < -0.3 is 5.73 Å². The third-order valence-corrected chi connectivity index (χ3v) is 2.61. The normalized spacial score (nSPS) is 27.2. The molecule has 0 bridgehead atoms. The molecular weight excluding hydrogens is 172 g/mol. The monoisotopic (exact) mass is 182 g/mol. The molecule has 0 aliphatic heterocycles. The molecule has 1 aromatic rings. The maximum atomic E-state index is 6.04. The second-order valence-corrected chi connectivity index (χ2v) is 3.95. The van der Waals surface area contributed by atoms with Crippen LogP contribution in [0, 0.1) is 0 Å². The third-order valence-electron chi connectivity index (χ3n) is 2.40. The molecule has 2 rings (SSSR count). The summed E-state index contributed by atoms with van der Waals surface area (Å²) in [6, 6.07) is 3.84. The van der Waals surface area contributed by atoms with Crippen molar-refractivity contribution < 1.29 is 0 Å². The van der Waals surface area contributed by atoms with Gasteiger partial charge in [-0.2, -0.15) is 0 Å². The quantitative estimate of drug-likeness (QED) is 0.622. The number of pyridine rings is 1. The molecule has 0 saturated heterocycles. The van der Waals surface area contributed by atoms with Crippen molar-refractivity contribution in [3.63, 3.8) is 0 Å². The molecule has 64 valence electrons. The number of hydrogen-bond donors (Lipinski definition) is 1. The lowest BCUT2D eigenvalue weighted by Crippen LogP contribution is -2.30. The largest absolute Gasteiger partial charge is 0.320 e. The van der Waals surface area contributed by atoms with Gasteiger partial charge in [-0.3, -0.25) is 0 Å². The number of aromatic nitrogens is 1. The Balaban J connectivity index is 2.57. The summed E-state index contributed by atoms with van der Waals surface area (Å²) in [4.78, 5) is 4.25. The standard InChI is InChI=1S/C9H11ClN2/c1-9(11)5-4-6-2-3-7(10)12-8(6)9/h2-3H,4-5,11H2,1H3. The van der Waals surface area contributed by atoms with Gasteiger partial charge in [0, 0.05) is 0 Å². The van der Waals surface area contributed by atoms with E-state index in [-0.39, 0.29) is 5.54 Å². The van der Waals surface area contributed by atoms with E-state index in [2.05, 4.69) is 4.98 Å². The number of fused-ring (bicyclic) bond motifs is 1. The zero-order chi connectivity index (χ0) is 8.77. The van der Waals surface area contributed by atoms with Crippen LogP contribution in [-0.4, -0.2) is 4.98 Å². The molecular formula is C9H11ClN2. The minimum atomic E-state index is -0.278. The van der Waals surface area contributed by atoms with Crippen LogP contribution in [0.5, 0.6) is 0 Å². The second-order valence-electron chi connectivity index (χ2n) is 3.56. The van der Waals surface area contributed by atoms with Crippen molar-refractivity contribution in [1.82, 2.24) is 4.98 Å². The predicted octanol–water partition coefficient (Wildman–Crippen LogP) is 1.86. The van der Waals surface area contributed by atoms with Crippen molar-refractivity contribution in [3.8, 4) is 0 Å². The molecule has 0 radical (unpaired) electrons. The summed E-state index contributed by atoms with van der Waals surface area (Å²) in [6.07, 6.45) is 1.99. The highest BCUT2D eigenvalue weighted by Crippen LogP contribution is 2.33. The Morgan fingerprint density at radius 2 is 2.33 bits per heavy atom. The Morgan fingerprint density at radius 3 is 3.08 bits per heavy atom. The van der Waals surface area contributed by atoms with Crippen molar-refractivity contribution in [2.24, 2.45) is 5.73 Å². The van der Waals surface area contributed by atoms with E-state index in [4.69, 9.17) is 17.3 Å². The number of halogens is 1. The van der Waals surface area contributed by atoms with Crippen LogP contribution in [0.1, 0.15) is 24.6 Å². The van der Waals surface area contributed by atoms with Gasteiger partial charge in [0.05, 0.1) is 11.2 Å². The van der Waals surface area contributed by atoms with Crippen molar-refractivity contribution in [2.75, 3.05) is 0 Å². The Kier molecular flexibility index (Phi) is 1.63. The van der Waals surface area contributed by atoms with E-state index in [1.165, 1.54) is 5.56 Å². The first kappa shape index (κ1) is 8.02. The summed E-state index contributed by atoms with van der Waals surface area (Å²) in [5.74, 6) is 0. The highest BCUT2D eigenvalue weighted by molar-refractivity contribution is 6.29. The first-order valence-electron chi connectivity index (χ1n) is 4.04. The van der Waals surface area contributed by atoms with Crippen LogP contribution >= 0.6 is 11.6 Å². The summed E-state index contributed by atoms with van der Waals surface area (Å²) in [6.45, 7) is 2.00. The molecule has 12 heavy (non-hydrogen) atoms. The van der Waals surface area contributed by atoms with Gasteiger partial charge in [-0.1, -0.05) is 17.7 Å². The zero-order valence-corrected chi connectivity index (χ0v) is 7.73. The molecule has 1 heterocycles. The summed E-state index contributed by atoms with van der Waals surface area (Å²) >= 11 is 5.78. The zero-order valence-electron chi connectivity index (χ0n) is 6.97. The average molecular weight is 183 g/mol. The van der Waals surface area contributed by atoms with E-state index < -0.39 is 0 Å². The molecule has 1 aliphatic carbocycles. The van der Waals surface area contributed by atoms with E-state index in [1.807, 2.05) is 19.1 Å². The van der Waals surface area contributed by atoms with E-state index in [0.717, 1.165) is 18.5 Å². The van der Waals surface area contributed by atoms with E-state index in [9.17, 15) is 0 Å². The van der Waals surface area contributed by atoms with Gasteiger partial charge in [0.25, 0.3) is 0 Å². The van der Waals surface area contributed by atoms with Crippen LogP contribution < -0.4 is 5.73 Å². The second kappa shape index (κ2) is 2.44. The molecule has 0 aromatic carbocycles. The molecule has 0 fully saturated rings. The van der Waals surface area contributed by atoms with Crippen LogP contribution in [0.3, 0.4) is 0 Å². The molecule has 0 amide bonds. The van der Waals surface area contributed by atoms with Crippen LogP contribution in [0.4, 0.5) is 0 Å². The van der Waals surface area contributed by atoms with Crippen molar-refractivity contribution in [1.29, 1.82) is 0 Å². The highest BCUT2D eigenvalue weighted by Gasteiger charge is 2.31. The van der Waals surface area contributed by atoms with Crippen molar-refractivity contribution in [3.05, 3.63) is 28.5 Å². The summed E-state index contributed by atoms with van der Waals surface area (Å²) in [5.41, 5.74) is 7.97. The van der Waals surface area contributed by atoms with Gasteiger partial charge in [-0.25, -0.2) is 4.98 Å². The first-order valence-corrected chi connectivity index (χ1v) is 4.42. The predicted molar refractivity (Wildman–Crippen MR) is 49.1 cm³/mol. The fraction of sp³-hybridized carbons (Fsp3) is 0.444. The lowest BCUT2D eigenvalue weighted by atomic mass is 10.0. The smallest absolute Gasteiger partial charge is 0.129 e. The Bertz CT molecular complexity index is 320. The topological polar surface area (TPSA) is 38.9 Å². The van der Waals surface area contributed by atoms with Crippen LogP contribution in [0.15, 0.2) is 12.1 Å². The molecule has 0 spiro atoms. The van der Waals surface area contributed by atoms with Crippen LogP contribution in [0.2, 0.25) is 5.15 Å². The van der Waals surface area contributed by atoms with Gasteiger partial charge in [0.1, 0.15) is 5.15 Å². The van der Waals surface area contributed by atoms with Crippen molar-refractivity contribution in [2.45, 2.75) is 25.3 Å². The summed E-state index contributed by atoms with van der Waals surface area (Å²) in [7, 11) is 0. The fourth-order valence-corrected chi connectivity index (χ4v) is 1.82. The summed E-state index contributed by atoms with van der Waals surface area (Å²) in [5, 5.41) is 0.535. The third kappa shape index (κ3) is 1.11.